The Morgan fingerprint density at radius 3 is 2.82 bits per heavy atom. The third-order valence-corrected chi connectivity index (χ3v) is 3.89. The minimum Gasteiger partial charge on any atom is -0.341 e. The SMILES string of the molecule is Clc1ccc(C2(Cn3cncn3)OCCO2)s1. The molecule has 2 aromatic heterocycles. The minimum absolute atomic E-state index is 0.476. The quantitative estimate of drug-likeness (QED) is 0.855. The van der Waals surface area contributed by atoms with Gasteiger partial charge in [-0.3, -0.25) is 0 Å². The summed E-state index contributed by atoms with van der Waals surface area (Å²) in [5.74, 6) is -0.772. The minimum atomic E-state index is -0.772. The molecule has 1 aliphatic rings. The zero-order chi connectivity index (χ0) is 11.7. The average molecular weight is 272 g/mol. The number of hydrogen-bond donors (Lipinski definition) is 0. The van der Waals surface area contributed by atoms with Crippen LogP contribution >= 0.6 is 22.9 Å². The van der Waals surface area contributed by atoms with Crippen molar-refractivity contribution in [2.24, 2.45) is 0 Å². The predicted octanol–water partition coefficient (Wildman–Crippen LogP) is 1.89. The van der Waals surface area contributed by atoms with Crippen molar-refractivity contribution < 1.29 is 9.47 Å². The maximum Gasteiger partial charge on any atom is 0.224 e. The van der Waals surface area contributed by atoms with E-state index >= 15 is 0 Å². The molecule has 0 unspecified atom stereocenters. The topological polar surface area (TPSA) is 49.2 Å². The predicted molar refractivity (Wildman–Crippen MR) is 62.9 cm³/mol. The van der Waals surface area contributed by atoms with Gasteiger partial charge in [-0.2, -0.15) is 5.10 Å². The molecular weight excluding hydrogens is 262 g/mol. The Balaban J connectivity index is 1.93. The van der Waals surface area contributed by atoms with Crippen LogP contribution in [-0.4, -0.2) is 28.0 Å². The number of rotatable bonds is 3. The van der Waals surface area contributed by atoms with Crippen molar-refractivity contribution in [3.8, 4) is 0 Å². The molecule has 0 aliphatic carbocycles. The van der Waals surface area contributed by atoms with E-state index in [0.29, 0.717) is 19.8 Å². The van der Waals surface area contributed by atoms with Gasteiger partial charge in [0.15, 0.2) is 0 Å². The second-order valence-electron chi connectivity index (χ2n) is 3.65. The summed E-state index contributed by atoms with van der Waals surface area (Å²) in [6, 6.07) is 3.77. The summed E-state index contributed by atoms with van der Waals surface area (Å²) in [6.07, 6.45) is 3.13. The van der Waals surface area contributed by atoms with Crippen LogP contribution < -0.4 is 0 Å². The molecule has 1 saturated heterocycles. The fraction of sp³-hybridized carbons (Fsp3) is 0.400. The van der Waals surface area contributed by atoms with Crippen molar-refractivity contribution in [1.82, 2.24) is 14.8 Å². The number of thiophene rings is 1. The third kappa shape index (κ3) is 2.09. The van der Waals surface area contributed by atoms with Crippen molar-refractivity contribution >= 4 is 22.9 Å². The number of halogens is 1. The van der Waals surface area contributed by atoms with Gasteiger partial charge in [-0.15, -0.1) is 11.3 Å². The number of nitrogens with zero attached hydrogens (tertiary/aromatic N) is 3. The van der Waals surface area contributed by atoms with E-state index in [-0.39, 0.29) is 0 Å². The van der Waals surface area contributed by atoms with Crippen LogP contribution in [0, 0.1) is 0 Å². The Kier molecular flexibility index (Phi) is 2.87. The Morgan fingerprint density at radius 1 is 1.41 bits per heavy atom. The molecule has 3 rings (SSSR count). The molecule has 0 amide bonds. The van der Waals surface area contributed by atoms with Gasteiger partial charge in [-0.05, 0) is 12.1 Å². The first-order valence-corrected chi connectivity index (χ1v) is 6.34. The lowest BCUT2D eigenvalue weighted by atomic mass is 10.2. The van der Waals surface area contributed by atoms with Crippen LogP contribution in [0.3, 0.4) is 0 Å². The molecule has 1 fully saturated rings. The van der Waals surface area contributed by atoms with Crippen LogP contribution in [0.15, 0.2) is 24.8 Å². The van der Waals surface area contributed by atoms with E-state index in [1.165, 1.54) is 17.7 Å². The molecule has 0 radical (unpaired) electrons. The van der Waals surface area contributed by atoms with E-state index in [0.717, 1.165) is 9.21 Å². The van der Waals surface area contributed by atoms with E-state index in [1.54, 1.807) is 11.0 Å². The average Bonchev–Trinajstić information content (AvgIpc) is 2.99. The van der Waals surface area contributed by atoms with Crippen LogP contribution in [0.5, 0.6) is 0 Å². The molecule has 0 bridgehead atoms. The molecule has 0 saturated carbocycles. The first-order chi connectivity index (χ1) is 8.28. The summed E-state index contributed by atoms with van der Waals surface area (Å²) < 4.78 is 13.9. The van der Waals surface area contributed by atoms with Gasteiger partial charge in [-0.25, -0.2) is 9.67 Å². The van der Waals surface area contributed by atoms with Crippen molar-refractivity contribution in [2.45, 2.75) is 12.3 Å². The standard InChI is InChI=1S/C10H10ClN3O2S/c11-9-2-1-8(17-9)10(15-3-4-16-10)5-14-7-12-6-13-14/h1-2,6-7H,3-5H2. The number of ether oxygens (including phenoxy) is 2. The second kappa shape index (κ2) is 4.38. The summed E-state index contributed by atoms with van der Waals surface area (Å²) in [4.78, 5) is 4.87. The van der Waals surface area contributed by atoms with Gasteiger partial charge in [0, 0.05) is 0 Å². The van der Waals surface area contributed by atoms with Gasteiger partial charge in [-0.1, -0.05) is 11.6 Å². The molecule has 3 heterocycles. The van der Waals surface area contributed by atoms with Crippen LogP contribution in [0.2, 0.25) is 4.34 Å². The largest absolute Gasteiger partial charge is 0.341 e. The fourth-order valence-electron chi connectivity index (χ4n) is 1.81. The van der Waals surface area contributed by atoms with Gasteiger partial charge in [0.25, 0.3) is 0 Å². The highest BCUT2D eigenvalue weighted by Gasteiger charge is 2.40. The normalized spacial score (nSPS) is 18.6. The molecule has 2 aromatic rings. The Morgan fingerprint density at radius 2 is 2.24 bits per heavy atom. The molecule has 0 aromatic carbocycles. The molecule has 1 aliphatic heterocycles. The second-order valence-corrected chi connectivity index (χ2v) is 5.36. The highest BCUT2D eigenvalue weighted by molar-refractivity contribution is 7.16. The van der Waals surface area contributed by atoms with E-state index in [1.807, 2.05) is 12.1 Å². The molecular formula is C10H10ClN3O2S. The lowest BCUT2D eigenvalue weighted by molar-refractivity contribution is -0.175. The molecule has 5 nitrogen and oxygen atoms in total. The summed E-state index contributed by atoms with van der Waals surface area (Å²) >= 11 is 7.41. The van der Waals surface area contributed by atoms with Gasteiger partial charge >= 0.3 is 0 Å². The lowest BCUT2D eigenvalue weighted by Crippen LogP contribution is -2.32. The maximum absolute atomic E-state index is 5.96. The van der Waals surface area contributed by atoms with E-state index < -0.39 is 5.79 Å². The highest BCUT2D eigenvalue weighted by Crippen LogP contribution is 2.38. The molecule has 90 valence electrons. The Bertz CT molecular complexity index is 493. The first kappa shape index (κ1) is 11.2. The van der Waals surface area contributed by atoms with Crippen molar-refractivity contribution in [3.05, 3.63) is 34.0 Å². The van der Waals surface area contributed by atoms with E-state index in [2.05, 4.69) is 10.1 Å². The van der Waals surface area contributed by atoms with Crippen LogP contribution in [0.4, 0.5) is 0 Å². The first-order valence-electron chi connectivity index (χ1n) is 5.15. The molecule has 17 heavy (non-hydrogen) atoms. The zero-order valence-corrected chi connectivity index (χ0v) is 10.4. The third-order valence-electron chi connectivity index (χ3n) is 2.54. The summed E-state index contributed by atoms with van der Waals surface area (Å²) in [5, 5.41) is 4.07. The van der Waals surface area contributed by atoms with Crippen molar-refractivity contribution in [1.29, 1.82) is 0 Å². The lowest BCUT2D eigenvalue weighted by Gasteiger charge is -2.25. The van der Waals surface area contributed by atoms with Crippen molar-refractivity contribution in [2.75, 3.05) is 13.2 Å². The molecule has 0 spiro atoms. The molecule has 0 N–H and O–H groups in total. The van der Waals surface area contributed by atoms with Crippen LogP contribution in [0.1, 0.15) is 4.88 Å². The van der Waals surface area contributed by atoms with Crippen LogP contribution in [-0.2, 0) is 21.8 Å². The Hall–Kier alpha value is -0.950. The summed E-state index contributed by atoms with van der Waals surface area (Å²) in [7, 11) is 0. The monoisotopic (exact) mass is 271 g/mol. The summed E-state index contributed by atoms with van der Waals surface area (Å²) in [6.45, 7) is 1.62. The van der Waals surface area contributed by atoms with Gasteiger partial charge in [0.1, 0.15) is 19.2 Å². The molecule has 0 atom stereocenters. The smallest absolute Gasteiger partial charge is 0.224 e. The maximum atomic E-state index is 5.96. The van der Waals surface area contributed by atoms with Gasteiger partial charge in [0.2, 0.25) is 5.79 Å². The Labute approximate surface area is 107 Å². The van der Waals surface area contributed by atoms with Crippen molar-refractivity contribution in [3.63, 3.8) is 0 Å². The number of aromatic nitrogens is 3. The summed E-state index contributed by atoms with van der Waals surface area (Å²) in [5.41, 5.74) is 0. The van der Waals surface area contributed by atoms with Gasteiger partial charge in [0.05, 0.1) is 22.4 Å². The molecule has 7 heteroatoms. The van der Waals surface area contributed by atoms with E-state index in [9.17, 15) is 0 Å². The van der Waals surface area contributed by atoms with E-state index in [4.69, 9.17) is 21.1 Å². The fourth-order valence-corrected chi connectivity index (χ4v) is 2.95. The van der Waals surface area contributed by atoms with Crippen LogP contribution in [0.25, 0.3) is 0 Å². The highest BCUT2D eigenvalue weighted by atomic mass is 35.5. The zero-order valence-electron chi connectivity index (χ0n) is 8.88. The van der Waals surface area contributed by atoms with Gasteiger partial charge < -0.3 is 9.47 Å². The number of hydrogen-bond acceptors (Lipinski definition) is 5.